The number of hydrogen-bond donors (Lipinski definition) is 2. The summed E-state index contributed by atoms with van der Waals surface area (Å²) in [5.74, 6) is -0.820. The van der Waals surface area contributed by atoms with E-state index in [2.05, 4.69) is 18.3 Å². The number of anilines is 1. The second-order valence-corrected chi connectivity index (χ2v) is 5.27. The highest BCUT2D eigenvalue weighted by molar-refractivity contribution is 5.89. The number of urea groups is 1. The van der Waals surface area contributed by atoms with Gasteiger partial charge in [0, 0.05) is 25.2 Å². The molecule has 1 aliphatic rings. The van der Waals surface area contributed by atoms with Gasteiger partial charge in [-0.05, 0) is 37.5 Å². The molecule has 0 fully saturated rings. The van der Waals surface area contributed by atoms with E-state index in [0.717, 1.165) is 18.5 Å². The molecule has 5 heteroatoms. The van der Waals surface area contributed by atoms with Crippen LogP contribution in [-0.4, -0.2) is 35.1 Å². The smallest absolute Gasteiger partial charge is 0.322 e. The number of nitrogens with zero attached hydrogens (tertiary/aromatic N) is 1. The molecular formula is C16H20N2O3. The number of carboxylic acid groups (broad SMARTS) is 1. The standard InChI is InChI=1S/C16H20N2O3/c1-12-7-9-18(10-8-12)16(21)17-14-4-2-3-13(11-14)5-6-15(19)20/h2-4,7,11H,5-6,8-10H2,1H3,(H,17,21)(H,19,20). The van der Waals surface area contributed by atoms with E-state index >= 15 is 0 Å². The van der Waals surface area contributed by atoms with Gasteiger partial charge in [0.2, 0.25) is 0 Å². The molecular weight excluding hydrogens is 268 g/mol. The van der Waals surface area contributed by atoms with Crippen molar-refractivity contribution in [2.24, 2.45) is 0 Å². The van der Waals surface area contributed by atoms with Gasteiger partial charge in [-0.2, -0.15) is 0 Å². The van der Waals surface area contributed by atoms with Crippen LogP contribution in [0.3, 0.4) is 0 Å². The van der Waals surface area contributed by atoms with Gasteiger partial charge < -0.3 is 15.3 Å². The number of amides is 2. The maximum atomic E-state index is 12.1. The molecule has 0 atom stereocenters. The SMILES string of the molecule is CC1=CCN(C(=O)Nc2cccc(CCC(=O)O)c2)CC1. The lowest BCUT2D eigenvalue weighted by Crippen LogP contribution is -2.37. The van der Waals surface area contributed by atoms with E-state index in [9.17, 15) is 9.59 Å². The fraction of sp³-hybridized carbons (Fsp3) is 0.375. The van der Waals surface area contributed by atoms with Crippen LogP contribution in [0.5, 0.6) is 0 Å². The molecule has 1 aliphatic heterocycles. The summed E-state index contributed by atoms with van der Waals surface area (Å²) in [5.41, 5.74) is 2.92. The Bertz CT molecular complexity index is 566. The number of aryl methyl sites for hydroxylation is 1. The molecule has 21 heavy (non-hydrogen) atoms. The number of aliphatic carboxylic acids is 1. The first-order valence-electron chi connectivity index (χ1n) is 7.07. The quantitative estimate of drug-likeness (QED) is 0.837. The average Bonchev–Trinajstić information content (AvgIpc) is 2.46. The van der Waals surface area contributed by atoms with E-state index in [1.165, 1.54) is 5.57 Å². The van der Waals surface area contributed by atoms with E-state index < -0.39 is 5.97 Å². The average molecular weight is 288 g/mol. The molecule has 0 spiro atoms. The van der Waals surface area contributed by atoms with Gasteiger partial charge >= 0.3 is 12.0 Å². The zero-order valence-corrected chi connectivity index (χ0v) is 12.1. The van der Waals surface area contributed by atoms with Crippen molar-refractivity contribution in [2.75, 3.05) is 18.4 Å². The first-order chi connectivity index (χ1) is 10.0. The molecule has 1 aromatic rings. The molecule has 2 amide bonds. The van der Waals surface area contributed by atoms with Crippen molar-refractivity contribution in [1.29, 1.82) is 0 Å². The van der Waals surface area contributed by atoms with E-state index in [0.29, 0.717) is 18.7 Å². The molecule has 112 valence electrons. The minimum Gasteiger partial charge on any atom is -0.481 e. The number of nitrogens with one attached hydrogen (secondary N) is 1. The van der Waals surface area contributed by atoms with Crippen LogP contribution in [0, 0.1) is 0 Å². The summed E-state index contributed by atoms with van der Waals surface area (Å²) in [7, 11) is 0. The van der Waals surface area contributed by atoms with Gasteiger partial charge in [-0.3, -0.25) is 4.79 Å². The first kappa shape index (κ1) is 15.1. The van der Waals surface area contributed by atoms with Crippen LogP contribution in [0.4, 0.5) is 10.5 Å². The molecule has 2 N–H and O–H groups in total. The predicted octanol–water partition coefficient (Wildman–Crippen LogP) is 2.89. The van der Waals surface area contributed by atoms with Crippen LogP contribution >= 0.6 is 0 Å². The molecule has 1 aromatic carbocycles. The number of rotatable bonds is 4. The summed E-state index contributed by atoms with van der Waals surface area (Å²) >= 11 is 0. The van der Waals surface area contributed by atoms with Gasteiger partial charge in [-0.25, -0.2) is 4.79 Å². The predicted molar refractivity (Wildman–Crippen MR) is 81.4 cm³/mol. The van der Waals surface area contributed by atoms with Crippen LogP contribution in [0.1, 0.15) is 25.3 Å². The minimum atomic E-state index is -0.820. The van der Waals surface area contributed by atoms with E-state index in [-0.39, 0.29) is 12.5 Å². The Kier molecular flexibility index (Phi) is 4.98. The number of benzene rings is 1. The zero-order valence-electron chi connectivity index (χ0n) is 12.1. The van der Waals surface area contributed by atoms with Crippen LogP contribution in [-0.2, 0) is 11.2 Å². The molecule has 0 saturated carbocycles. The Balaban J connectivity index is 1.94. The fourth-order valence-corrected chi connectivity index (χ4v) is 2.21. The van der Waals surface area contributed by atoms with Gasteiger partial charge in [-0.1, -0.05) is 23.8 Å². The zero-order chi connectivity index (χ0) is 15.2. The van der Waals surface area contributed by atoms with Crippen molar-refractivity contribution in [2.45, 2.75) is 26.2 Å². The summed E-state index contributed by atoms with van der Waals surface area (Å²) in [5, 5.41) is 11.6. The van der Waals surface area contributed by atoms with Crippen molar-refractivity contribution in [3.63, 3.8) is 0 Å². The van der Waals surface area contributed by atoms with Crippen LogP contribution in [0.15, 0.2) is 35.9 Å². The number of carboxylic acids is 1. The highest BCUT2D eigenvalue weighted by Gasteiger charge is 2.15. The monoisotopic (exact) mass is 288 g/mol. The molecule has 0 aliphatic carbocycles. The lowest BCUT2D eigenvalue weighted by atomic mass is 10.1. The highest BCUT2D eigenvalue weighted by Crippen LogP contribution is 2.15. The Labute approximate surface area is 124 Å². The van der Waals surface area contributed by atoms with Crippen molar-refractivity contribution < 1.29 is 14.7 Å². The molecule has 5 nitrogen and oxygen atoms in total. The van der Waals surface area contributed by atoms with Gasteiger partial charge in [0.1, 0.15) is 0 Å². The summed E-state index contributed by atoms with van der Waals surface area (Å²) in [6.07, 6.45) is 3.52. The molecule has 1 heterocycles. The fourth-order valence-electron chi connectivity index (χ4n) is 2.21. The lowest BCUT2D eigenvalue weighted by Gasteiger charge is -2.25. The summed E-state index contributed by atoms with van der Waals surface area (Å²) in [4.78, 5) is 24.5. The number of hydrogen-bond acceptors (Lipinski definition) is 2. The van der Waals surface area contributed by atoms with E-state index in [1.54, 1.807) is 4.90 Å². The van der Waals surface area contributed by atoms with Gasteiger partial charge in [-0.15, -0.1) is 0 Å². The number of carbonyl (C=O) groups excluding carboxylic acids is 1. The van der Waals surface area contributed by atoms with Crippen molar-refractivity contribution >= 4 is 17.7 Å². The third kappa shape index (κ3) is 4.63. The third-order valence-corrected chi connectivity index (χ3v) is 3.53. The summed E-state index contributed by atoms with van der Waals surface area (Å²) in [6.45, 7) is 3.43. The number of carbonyl (C=O) groups is 2. The van der Waals surface area contributed by atoms with Crippen LogP contribution in [0.2, 0.25) is 0 Å². The summed E-state index contributed by atoms with van der Waals surface area (Å²) in [6, 6.07) is 7.21. The van der Waals surface area contributed by atoms with Gasteiger partial charge in [0.15, 0.2) is 0 Å². The van der Waals surface area contributed by atoms with Crippen LogP contribution in [0.25, 0.3) is 0 Å². The third-order valence-electron chi connectivity index (χ3n) is 3.53. The molecule has 0 unspecified atom stereocenters. The van der Waals surface area contributed by atoms with Gasteiger partial charge in [0.25, 0.3) is 0 Å². The highest BCUT2D eigenvalue weighted by atomic mass is 16.4. The normalized spacial score (nSPS) is 14.5. The molecule has 2 rings (SSSR count). The van der Waals surface area contributed by atoms with Crippen molar-refractivity contribution in [3.05, 3.63) is 41.5 Å². The van der Waals surface area contributed by atoms with Crippen molar-refractivity contribution in [1.82, 2.24) is 4.90 Å². The molecule has 0 bridgehead atoms. The van der Waals surface area contributed by atoms with E-state index in [1.807, 2.05) is 24.3 Å². The Morgan fingerprint density at radius 2 is 2.19 bits per heavy atom. The van der Waals surface area contributed by atoms with Crippen LogP contribution < -0.4 is 5.32 Å². The van der Waals surface area contributed by atoms with Gasteiger partial charge in [0.05, 0.1) is 0 Å². The maximum absolute atomic E-state index is 12.1. The second kappa shape index (κ2) is 6.92. The maximum Gasteiger partial charge on any atom is 0.322 e. The Hall–Kier alpha value is -2.30. The first-order valence-corrected chi connectivity index (χ1v) is 7.07. The largest absolute Gasteiger partial charge is 0.481 e. The topological polar surface area (TPSA) is 69.6 Å². The lowest BCUT2D eigenvalue weighted by molar-refractivity contribution is -0.136. The molecule has 0 radical (unpaired) electrons. The van der Waals surface area contributed by atoms with Crippen molar-refractivity contribution in [3.8, 4) is 0 Å². The molecule has 0 saturated heterocycles. The Morgan fingerprint density at radius 1 is 1.38 bits per heavy atom. The minimum absolute atomic E-state index is 0.0909. The second-order valence-electron chi connectivity index (χ2n) is 5.27. The van der Waals surface area contributed by atoms with E-state index in [4.69, 9.17) is 5.11 Å². The summed E-state index contributed by atoms with van der Waals surface area (Å²) < 4.78 is 0. The Morgan fingerprint density at radius 3 is 2.86 bits per heavy atom. The molecule has 0 aromatic heterocycles.